The van der Waals surface area contributed by atoms with Gasteiger partial charge in [-0.3, -0.25) is 0 Å². The Morgan fingerprint density at radius 3 is 2.26 bits per heavy atom. The zero-order chi connectivity index (χ0) is 19.6. The van der Waals surface area contributed by atoms with Gasteiger partial charge in [-0.05, 0) is 47.2 Å². The summed E-state index contributed by atoms with van der Waals surface area (Å²) in [5.41, 5.74) is 0.918. The Hall–Kier alpha value is -2.41. The molecule has 0 spiro atoms. The maximum atomic E-state index is 13.8. The van der Waals surface area contributed by atoms with Crippen molar-refractivity contribution < 1.29 is 26.7 Å². The summed E-state index contributed by atoms with van der Waals surface area (Å²) >= 11 is 1.69. The van der Waals surface area contributed by atoms with Crippen LogP contribution in [0.25, 0.3) is 22.2 Å². The molecule has 0 N–H and O–H groups in total. The van der Waals surface area contributed by atoms with Gasteiger partial charge in [-0.2, -0.15) is 0 Å². The molecule has 2 aromatic carbocycles. The fraction of sp³-hybridized carbons (Fsp3) is 0.200. The van der Waals surface area contributed by atoms with Gasteiger partial charge in [0.25, 0.3) is 0 Å². The molecule has 0 atom stereocenters. The van der Waals surface area contributed by atoms with Crippen LogP contribution in [0.5, 0.6) is 5.75 Å². The minimum absolute atomic E-state index is 0.0949. The molecule has 27 heavy (non-hydrogen) atoms. The van der Waals surface area contributed by atoms with Crippen molar-refractivity contribution >= 4 is 33.6 Å². The number of alkyl halides is 3. The summed E-state index contributed by atoms with van der Waals surface area (Å²) in [7, 11) is 0. The number of rotatable bonds is 5. The molecular formula is C20H15F5OS. The third-order valence-corrected chi connectivity index (χ3v) is 4.96. The summed E-state index contributed by atoms with van der Waals surface area (Å²) in [6.45, 7) is 2.11. The van der Waals surface area contributed by atoms with E-state index in [0.717, 1.165) is 40.6 Å². The van der Waals surface area contributed by atoms with Crippen molar-refractivity contribution in [3.8, 4) is 5.75 Å². The Bertz CT molecular complexity index is 965. The average molecular weight is 398 g/mol. The Kier molecular flexibility index (Phi) is 5.51. The van der Waals surface area contributed by atoms with Crippen LogP contribution in [0.15, 0.2) is 36.4 Å². The standard InChI is InChI=1S/C20H15F5OS/c1-2-3-15-11-14-7-6-12(10-18(14)27-15)4-5-13-8-16(21)19(17(22)9-13)26-20(23,24)25/h4-11H,2-3H2,1H3/b5-4+. The summed E-state index contributed by atoms with van der Waals surface area (Å²) in [6, 6.07) is 9.53. The zero-order valence-electron chi connectivity index (χ0n) is 14.2. The normalized spacial score (nSPS) is 12.2. The van der Waals surface area contributed by atoms with Gasteiger partial charge in [-0.15, -0.1) is 24.5 Å². The number of hydrogen-bond donors (Lipinski definition) is 0. The minimum atomic E-state index is -5.16. The summed E-state index contributed by atoms with van der Waals surface area (Å²) in [4.78, 5) is 1.29. The van der Waals surface area contributed by atoms with Crippen LogP contribution in [0.2, 0.25) is 0 Å². The average Bonchev–Trinajstić information content (AvgIpc) is 2.97. The molecule has 0 bridgehead atoms. The van der Waals surface area contributed by atoms with E-state index in [2.05, 4.69) is 17.7 Å². The summed E-state index contributed by atoms with van der Waals surface area (Å²) in [6.07, 6.45) is -0.00558. The van der Waals surface area contributed by atoms with Gasteiger partial charge in [0.1, 0.15) is 0 Å². The summed E-state index contributed by atoms with van der Waals surface area (Å²) < 4.78 is 68.5. The molecule has 0 amide bonds. The number of halogens is 5. The van der Waals surface area contributed by atoms with Crippen LogP contribution < -0.4 is 4.74 Å². The van der Waals surface area contributed by atoms with Crippen LogP contribution in [0.1, 0.15) is 29.3 Å². The van der Waals surface area contributed by atoms with Gasteiger partial charge in [0.05, 0.1) is 0 Å². The smallest absolute Gasteiger partial charge is 0.399 e. The Morgan fingerprint density at radius 2 is 1.63 bits per heavy atom. The van der Waals surface area contributed by atoms with Crippen LogP contribution in [-0.4, -0.2) is 6.36 Å². The molecule has 0 aliphatic carbocycles. The van der Waals surface area contributed by atoms with Crippen molar-refractivity contribution in [1.29, 1.82) is 0 Å². The molecule has 3 rings (SSSR count). The second-order valence-corrected chi connectivity index (χ2v) is 7.12. The first-order valence-electron chi connectivity index (χ1n) is 8.20. The van der Waals surface area contributed by atoms with Crippen molar-refractivity contribution in [2.45, 2.75) is 26.1 Å². The van der Waals surface area contributed by atoms with E-state index in [9.17, 15) is 22.0 Å². The van der Waals surface area contributed by atoms with Crippen molar-refractivity contribution in [3.63, 3.8) is 0 Å². The van der Waals surface area contributed by atoms with Gasteiger partial charge in [0.15, 0.2) is 11.6 Å². The fourth-order valence-electron chi connectivity index (χ4n) is 2.66. The Balaban J connectivity index is 1.84. The number of benzene rings is 2. The van der Waals surface area contributed by atoms with Gasteiger partial charge in [-0.1, -0.05) is 37.6 Å². The van der Waals surface area contributed by atoms with Crippen LogP contribution in [0.4, 0.5) is 22.0 Å². The SMILES string of the molecule is CCCc1cc2ccc(/C=C/c3cc(F)c(OC(F)(F)F)c(F)c3)cc2s1. The molecule has 0 aliphatic rings. The molecular weight excluding hydrogens is 383 g/mol. The summed E-state index contributed by atoms with van der Waals surface area (Å²) in [5, 5.41) is 1.13. The molecule has 0 fully saturated rings. The fourth-order valence-corrected chi connectivity index (χ4v) is 3.87. The second kappa shape index (κ2) is 7.68. The number of ether oxygens (including phenoxy) is 1. The molecule has 1 aromatic heterocycles. The zero-order valence-corrected chi connectivity index (χ0v) is 15.1. The first kappa shape index (κ1) is 19.4. The van der Waals surface area contributed by atoms with E-state index in [1.165, 1.54) is 11.0 Å². The Morgan fingerprint density at radius 1 is 0.963 bits per heavy atom. The van der Waals surface area contributed by atoms with Gasteiger partial charge in [-0.25, -0.2) is 8.78 Å². The van der Waals surface area contributed by atoms with Gasteiger partial charge >= 0.3 is 6.36 Å². The molecule has 0 unspecified atom stereocenters. The van der Waals surface area contributed by atoms with Crippen molar-refractivity contribution in [3.05, 3.63) is 64.0 Å². The highest BCUT2D eigenvalue weighted by Crippen LogP contribution is 2.31. The number of fused-ring (bicyclic) bond motifs is 1. The van der Waals surface area contributed by atoms with Crippen LogP contribution in [-0.2, 0) is 6.42 Å². The molecule has 0 saturated carbocycles. The predicted molar refractivity (Wildman–Crippen MR) is 97.8 cm³/mol. The number of thiophene rings is 1. The van der Waals surface area contributed by atoms with E-state index in [1.54, 1.807) is 17.4 Å². The van der Waals surface area contributed by atoms with E-state index >= 15 is 0 Å². The quantitative estimate of drug-likeness (QED) is 0.326. The van der Waals surface area contributed by atoms with Gasteiger partial charge in [0, 0.05) is 9.58 Å². The third kappa shape index (κ3) is 4.86. The van der Waals surface area contributed by atoms with Crippen LogP contribution in [0, 0.1) is 11.6 Å². The lowest BCUT2D eigenvalue weighted by Gasteiger charge is -2.10. The number of aryl methyl sites for hydroxylation is 1. The van der Waals surface area contributed by atoms with E-state index in [-0.39, 0.29) is 5.56 Å². The third-order valence-electron chi connectivity index (χ3n) is 3.80. The largest absolute Gasteiger partial charge is 0.573 e. The van der Waals surface area contributed by atoms with E-state index in [4.69, 9.17) is 0 Å². The topological polar surface area (TPSA) is 9.23 Å². The second-order valence-electron chi connectivity index (χ2n) is 5.95. The molecule has 7 heteroatoms. The summed E-state index contributed by atoms with van der Waals surface area (Å²) in [5.74, 6) is -4.28. The van der Waals surface area contributed by atoms with Crippen molar-refractivity contribution in [2.75, 3.05) is 0 Å². The lowest BCUT2D eigenvalue weighted by Crippen LogP contribution is -2.19. The molecule has 0 saturated heterocycles. The maximum absolute atomic E-state index is 13.8. The molecule has 3 aromatic rings. The van der Waals surface area contributed by atoms with Crippen LogP contribution in [0.3, 0.4) is 0 Å². The van der Waals surface area contributed by atoms with Gasteiger partial charge in [0.2, 0.25) is 5.75 Å². The van der Waals surface area contributed by atoms with Crippen molar-refractivity contribution in [2.24, 2.45) is 0 Å². The maximum Gasteiger partial charge on any atom is 0.573 e. The monoisotopic (exact) mass is 398 g/mol. The minimum Gasteiger partial charge on any atom is -0.399 e. The van der Waals surface area contributed by atoms with Crippen molar-refractivity contribution in [1.82, 2.24) is 0 Å². The molecule has 0 radical (unpaired) electrons. The highest BCUT2D eigenvalue weighted by Gasteiger charge is 2.34. The number of hydrogen-bond acceptors (Lipinski definition) is 2. The lowest BCUT2D eigenvalue weighted by atomic mass is 10.1. The first-order chi connectivity index (χ1) is 12.7. The molecule has 1 nitrogen and oxygen atoms in total. The van der Waals surface area contributed by atoms with Crippen LogP contribution >= 0.6 is 11.3 Å². The lowest BCUT2D eigenvalue weighted by molar-refractivity contribution is -0.276. The first-order valence-corrected chi connectivity index (χ1v) is 9.02. The van der Waals surface area contributed by atoms with E-state index in [1.807, 2.05) is 18.2 Å². The molecule has 0 aliphatic heterocycles. The highest BCUT2D eigenvalue weighted by atomic mass is 32.1. The molecule has 1 heterocycles. The molecule has 142 valence electrons. The van der Waals surface area contributed by atoms with E-state index < -0.39 is 23.7 Å². The Labute approximate surface area is 156 Å². The predicted octanol–water partition coefficient (Wildman–Crippen LogP) is 7.20. The van der Waals surface area contributed by atoms with Gasteiger partial charge < -0.3 is 4.74 Å². The van der Waals surface area contributed by atoms with E-state index in [0.29, 0.717) is 0 Å². The highest BCUT2D eigenvalue weighted by molar-refractivity contribution is 7.19.